The van der Waals surface area contributed by atoms with E-state index in [-0.39, 0.29) is 23.3 Å². The van der Waals surface area contributed by atoms with E-state index < -0.39 is 10.0 Å². The zero-order valence-electron chi connectivity index (χ0n) is 15.7. The van der Waals surface area contributed by atoms with Crippen molar-refractivity contribution < 1.29 is 17.9 Å². The smallest absolute Gasteiger partial charge is 0.240 e. The largest absolute Gasteiger partial charge is 0.497 e. The molecule has 6 nitrogen and oxygen atoms in total. The van der Waals surface area contributed by atoms with Crippen LogP contribution >= 0.6 is 0 Å². The fourth-order valence-corrected chi connectivity index (χ4v) is 4.68. The quantitative estimate of drug-likeness (QED) is 0.825. The molecule has 1 N–H and O–H groups in total. The highest BCUT2D eigenvalue weighted by atomic mass is 32.2. The summed E-state index contributed by atoms with van der Waals surface area (Å²) in [6.07, 6.45) is 0.321. The normalized spacial score (nSPS) is 17.4. The third-order valence-electron chi connectivity index (χ3n) is 4.77. The number of carbonyl (C=O) groups is 1. The van der Waals surface area contributed by atoms with E-state index in [1.807, 2.05) is 25.1 Å². The van der Waals surface area contributed by atoms with Crippen molar-refractivity contribution in [2.45, 2.75) is 25.2 Å². The third kappa shape index (κ3) is 4.31. The Hall–Kier alpha value is -2.38. The van der Waals surface area contributed by atoms with Gasteiger partial charge in [-0.05, 0) is 55.7 Å². The number of carbonyl (C=O) groups excluding carboxylic acids is 1. The number of nitrogens with one attached hydrogen (secondary N) is 1. The van der Waals surface area contributed by atoms with Gasteiger partial charge in [0.05, 0.1) is 12.0 Å². The Bertz CT molecular complexity index is 939. The number of aryl methyl sites for hydroxylation is 2. The second-order valence-electron chi connectivity index (χ2n) is 6.89. The van der Waals surface area contributed by atoms with E-state index in [2.05, 4.69) is 4.72 Å². The van der Waals surface area contributed by atoms with Gasteiger partial charge in [0.1, 0.15) is 5.75 Å². The molecule has 0 aliphatic carbocycles. The number of hydrogen-bond donors (Lipinski definition) is 1. The molecule has 7 heteroatoms. The Kier molecular flexibility index (Phi) is 5.53. The number of hydrogen-bond acceptors (Lipinski definition) is 4. The van der Waals surface area contributed by atoms with Crippen LogP contribution in [-0.2, 0) is 14.8 Å². The summed E-state index contributed by atoms with van der Waals surface area (Å²) in [7, 11) is -2.01. The average molecular weight is 388 g/mol. The van der Waals surface area contributed by atoms with Crippen molar-refractivity contribution in [3.63, 3.8) is 0 Å². The first-order valence-electron chi connectivity index (χ1n) is 8.81. The number of methoxy groups -OCH3 is 1. The maximum absolute atomic E-state index is 12.6. The number of anilines is 1. The molecule has 0 radical (unpaired) electrons. The molecule has 1 aliphatic heterocycles. The zero-order chi connectivity index (χ0) is 19.6. The Morgan fingerprint density at radius 3 is 2.48 bits per heavy atom. The molecule has 1 atom stereocenters. The second-order valence-corrected chi connectivity index (χ2v) is 8.63. The molecule has 1 amide bonds. The lowest BCUT2D eigenvalue weighted by Crippen LogP contribution is -2.31. The third-order valence-corrected chi connectivity index (χ3v) is 6.35. The summed E-state index contributed by atoms with van der Waals surface area (Å²) in [5.74, 6) is 0.652. The van der Waals surface area contributed by atoms with E-state index >= 15 is 0 Å². The van der Waals surface area contributed by atoms with Crippen LogP contribution in [0, 0.1) is 19.8 Å². The van der Waals surface area contributed by atoms with E-state index in [1.165, 1.54) is 0 Å². The van der Waals surface area contributed by atoms with Crippen LogP contribution in [0.5, 0.6) is 5.75 Å². The lowest BCUT2D eigenvalue weighted by Gasteiger charge is -2.17. The van der Waals surface area contributed by atoms with E-state index in [9.17, 15) is 13.2 Å². The molecule has 0 unspecified atom stereocenters. The maximum Gasteiger partial charge on any atom is 0.240 e. The van der Waals surface area contributed by atoms with Crippen LogP contribution < -0.4 is 14.4 Å². The topological polar surface area (TPSA) is 75.7 Å². The summed E-state index contributed by atoms with van der Waals surface area (Å²) in [6.45, 7) is 4.43. The predicted octanol–water partition coefficient (Wildman–Crippen LogP) is 2.64. The molecule has 0 spiro atoms. The molecule has 0 bridgehead atoms. The predicted molar refractivity (Wildman–Crippen MR) is 105 cm³/mol. The van der Waals surface area contributed by atoms with Crippen molar-refractivity contribution in [3.05, 3.63) is 53.6 Å². The molecular weight excluding hydrogens is 364 g/mol. The van der Waals surface area contributed by atoms with Gasteiger partial charge in [0.25, 0.3) is 0 Å². The number of sulfonamides is 1. The molecule has 1 saturated heterocycles. The Morgan fingerprint density at radius 2 is 1.85 bits per heavy atom. The zero-order valence-corrected chi connectivity index (χ0v) is 16.5. The SMILES string of the molecule is COc1ccc(N2C[C@@H](CNS(=O)(=O)c3ccc(C)cc3C)CC2=O)cc1. The fourth-order valence-electron chi connectivity index (χ4n) is 3.34. The van der Waals surface area contributed by atoms with Gasteiger partial charge in [-0.1, -0.05) is 17.7 Å². The number of benzene rings is 2. The van der Waals surface area contributed by atoms with Gasteiger partial charge in [-0.2, -0.15) is 0 Å². The van der Waals surface area contributed by atoms with E-state index in [4.69, 9.17) is 4.74 Å². The molecule has 1 aliphatic rings. The summed E-state index contributed by atoms with van der Waals surface area (Å²) < 4.78 is 33.0. The highest BCUT2D eigenvalue weighted by molar-refractivity contribution is 7.89. The molecule has 27 heavy (non-hydrogen) atoms. The second kappa shape index (κ2) is 7.70. The van der Waals surface area contributed by atoms with Crippen LogP contribution in [-0.4, -0.2) is 34.5 Å². The highest BCUT2D eigenvalue weighted by Gasteiger charge is 2.31. The standard InChI is InChI=1S/C20H24N2O4S/c1-14-4-9-19(15(2)10-14)27(24,25)21-12-16-11-20(23)22(13-16)17-5-7-18(26-3)8-6-17/h4-10,16,21H,11-13H2,1-3H3/t16-/m1/s1. The van der Waals surface area contributed by atoms with E-state index in [0.29, 0.717) is 18.5 Å². The maximum atomic E-state index is 12.6. The molecular formula is C20H24N2O4S. The van der Waals surface area contributed by atoms with Gasteiger partial charge in [-0.25, -0.2) is 13.1 Å². The number of nitrogens with zero attached hydrogens (tertiary/aromatic N) is 1. The van der Waals surface area contributed by atoms with Crippen molar-refractivity contribution in [2.75, 3.05) is 25.1 Å². The van der Waals surface area contributed by atoms with Crippen LogP contribution in [0.1, 0.15) is 17.5 Å². The molecule has 1 heterocycles. The Labute approximate surface area is 160 Å². The van der Waals surface area contributed by atoms with E-state index in [0.717, 1.165) is 17.0 Å². The molecule has 2 aromatic rings. The first kappa shape index (κ1) is 19.4. The summed E-state index contributed by atoms with van der Waals surface area (Å²) in [5.41, 5.74) is 2.52. The molecule has 3 rings (SSSR count). The fraction of sp³-hybridized carbons (Fsp3) is 0.350. The van der Waals surface area contributed by atoms with E-state index in [1.54, 1.807) is 43.2 Å². The number of ether oxygens (including phenoxy) is 1. The van der Waals surface area contributed by atoms with Crippen LogP contribution in [0.25, 0.3) is 0 Å². The van der Waals surface area contributed by atoms with Gasteiger partial charge < -0.3 is 9.64 Å². The van der Waals surface area contributed by atoms with Crippen molar-refractivity contribution >= 4 is 21.6 Å². The monoisotopic (exact) mass is 388 g/mol. The van der Waals surface area contributed by atoms with Gasteiger partial charge in [0.15, 0.2) is 0 Å². The van der Waals surface area contributed by atoms with Crippen LogP contribution in [0.2, 0.25) is 0 Å². The van der Waals surface area contributed by atoms with Crippen molar-refractivity contribution in [1.82, 2.24) is 4.72 Å². The minimum atomic E-state index is -3.60. The highest BCUT2D eigenvalue weighted by Crippen LogP contribution is 2.27. The molecule has 144 valence electrons. The van der Waals surface area contributed by atoms with Gasteiger partial charge in [0.2, 0.25) is 15.9 Å². The van der Waals surface area contributed by atoms with Crippen LogP contribution in [0.3, 0.4) is 0 Å². The van der Waals surface area contributed by atoms with Crippen LogP contribution in [0.15, 0.2) is 47.4 Å². The molecule has 2 aromatic carbocycles. The Balaban J connectivity index is 1.65. The van der Waals surface area contributed by atoms with Crippen molar-refractivity contribution in [2.24, 2.45) is 5.92 Å². The molecule has 0 aromatic heterocycles. The van der Waals surface area contributed by atoms with Crippen molar-refractivity contribution in [3.8, 4) is 5.75 Å². The summed E-state index contributed by atoms with van der Waals surface area (Å²) in [4.78, 5) is 14.3. The molecule has 0 saturated carbocycles. The van der Waals surface area contributed by atoms with Gasteiger partial charge >= 0.3 is 0 Å². The Morgan fingerprint density at radius 1 is 1.15 bits per heavy atom. The first-order chi connectivity index (χ1) is 12.8. The van der Waals surface area contributed by atoms with Gasteiger partial charge in [-0.15, -0.1) is 0 Å². The molecule has 1 fully saturated rings. The van der Waals surface area contributed by atoms with Gasteiger partial charge in [0, 0.05) is 25.2 Å². The first-order valence-corrected chi connectivity index (χ1v) is 10.3. The van der Waals surface area contributed by atoms with Crippen LogP contribution in [0.4, 0.5) is 5.69 Å². The van der Waals surface area contributed by atoms with Crippen molar-refractivity contribution in [1.29, 1.82) is 0 Å². The van der Waals surface area contributed by atoms with Gasteiger partial charge in [-0.3, -0.25) is 4.79 Å². The lowest BCUT2D eigenvalue weighted by atomic mass is 10.1. The summed E-state index contributed by atoms with van der Waals surface area (Å²) in [6, 6.07) is 12.5. The summed E-state index contributed by atoms with van der Waals surface area (Å²) in [5, 5.41) is 0. The number of rotatable bonds is 6. The average Bonchev–Trinajstić information content (AvgIpc) is 3.01. The lowest BCUT2D eigenvalue weighted by molar-refractivity contribution is -0.117. The minimum Gasteiger partial charge on any atom is -0.497 e. The summed E-state index contributed by atoms with van der Waals surface area (Å²) >= 11 is 0. The number of amides is 1. The minimum absolute atomic E-state index is 0.00381.